The Labute approximate surface area is 105 Å². The van der Waals surface area contributed by atoms with Crippen molar-refractivity contribution < 1.29 is 23.9 Å². The van der Waals surface area contributed by atoms with E-state index >= 15 is 0 Å². The number of ether oxygens (including phenoxy) is 2. The van der Waals surface area contributed by atoms with Crippen LogP contribution in [-0.4, -0.2) is 37.0 Å². The quantitative estimate of drug-likeness (QED) is 0.759. The first-order valence-electron chi connectivity index (χ1n) is 6.03. The van der Waals surface area contributed by atoms with E-state index in [-0.39, 0.29) is 5.46 Å². The highest BCUT2D eigenvalue weighted by Crippen LogP contribution is 2.17. The fourth-order valence-electron chi connectivity index (χ4n) is 1.97. The van der Waals surface area contributed by atoms with Gasteiger partial charge in [-0.15, -0.1) is 0 Å². The van der Waals surface area contributed by atoms with Crippen molar-refractivity contribution >= 4 is 12.6 Å². The van der Waals surface area contributed by atoms with Crippen molar-refractivity contribution in [3.8, 4) is 5.75 Å². The van der Waals surface area contributed by atoms with Gasteiger partial charge in [0.2, 0.25) is 0 Å². The number of benzene rings is 1. The number of rotatable bonds is 4. The molecule has 2 rings (SSSR count). The standard InChI is InChI=1S/C12H16BFO4/c14-10-1-2-12(11(7-10)13(15)16)18-8-9-3-5-17-6-4-9/h1-2,7,9,15-16H,3-6,8H2. The summed E-state index contributed by atoms with van der Waals surface area (Å²) in [6.45, 7) is 1.94. The summed E-state index contributed by atoms with van der Waals surface area (Å²) in [5, 5.41) is 18.3. The third-order valence-corrected chi connectivity index (χ3v) is 3.07. The van der Waals surface area contributed by atoms with Crippen LogP contribution in [-0.2, 0) is 4.74 Å². The molecule has 1 heterocycles. The molecule has 98 valence electrons. The van der Waals surface area contributed by atoms with Gasteiger partial charge in [-0.3, -0.25) is 0 Å². The largest absolute Gasteiger partial charge is 0.494 e. The van der Waals surface area contributed by atoms with Crippen LogP contribution in [0.1, 0.15) is 12.8 Å². The summed E-state index contributed by atoms with van der Waals surface area (Å²) >= 11 is 0. The molecule has 0 aromatic heterocycles. The van der Waals surface area contributed by atoms with E-state index in [1.165, 1.54) is 12.1 Å². The number of hydrogen-bond acceptors (Lipinski definition) is 4. The van der Waals surface area contributed by atoms with Gasteiger partial charge in [-0.1, -0.05) is 0 Å². The fraction of sp³-hybridized carbons (Fsp3) is 0.500. The van der Waals surface area contributed by atoms with Gasteiger partial charge < -0.3 is 19.5 Å². The van der Waals surface area contributed by atoms with E-state index in [9.17, 15) is 4.39 Å². The van der Waals surface area contributed by atoms with Crippen molar-refractivity contribution in [3.63, 3.8) is 0 Å². The van der Waals surface area contributed by atoms with Gasteiger partial charge in [0, 0.05) is 18.7 Å². The summed E-state index contributed by atoms with van der Waals surface area (Å²) in [7, 11) is -1.73. The van der Waals surface area contributed by atoms with Crippen LogP contribution in [0.5, 0.6) is 5.75 Å². The molecule has 0 unspecified atom stereocenters. The predicted molar refractivity (Wildman–Crippen MR) is 65.3 cm³/mol. The molecule has 2 N–H and O–H groups in total. The molecule has 0 atom stereocenters. The fourth-order valence-corrected chi connectivity index (χ4v) is 1.97. The molecule has 0 aliphatic carbocycles. The third-order valence-electron chi connectivity index (χ3n) is 3.07. The Kier molecular flexibility index (Phi) is 4.57. The molecule has 1 aliphatic heterocycles. The Morgan fingerprint density at radius 2 is 2.06 bits per heavy atom. The van der Waals surface area contributed by atoms with Crippen LogP contribution in [0.3, 0.4) is 0 Å². The van der Waals surface area contributed by atoms with Crippen LogP contribution in [0.15, 0.2) is 18.2 Å². The van der Waals surface area contributed by atoms with Gasteiger partial charge in [0.25, 0.3) is 0 Å². The Hall–Kier alpha value is -1.11. The maximum atomic E-state index is 13.0. The minimum absolute atomic E-state index is 0.0575. The van der Waals surface area contributed by atoms with E-state index < -0.39 is 12.9 Å². The molecule has 0 radical (unpaired) electrons. The molecule has 1 aliphatic rings. The van der Waals surface area contributed by atoms with Gasteiger partial charge in [0.1, 0.15) is 11.6 Å². The Balaban J connectivity index is 1.99. The first-order valence-corrected chi connectivity index (χ1v) is 6.03. The van der Waals surface area contributed by atoms with Gasteiger partial charge in [-0.2, -0.15) is 0 Å². The lowest BCUT2D eigenvalue weighted by atomic mass is 9.79. The van der Waals surface area contributed by atoms with Crippen LogP contribution in [0.4, 0.5) is 4.39 Å². The van der Waals surface area contributed by atoms with Crippen molar-refractivity contribution in [2.24, 2.45) is 5.92 Å². The van der Waals surface area contributed by atoms with E-state index in [1.54, 1.807) is 0 Å². The molecule has 1 aromatic carbocycles. The van der Waals surface area contributed by atoms with E-state index in [2.05, 4.69) is 0 Å². The molecule has 0 amide bonds. The summed E-state index contributed by atoms with van der Waals surface area (Å²) < 4.78 is 23.8. The molecule has 1 saturated heterocycles. The van der Waals surface area contributed by atoms with Crippen LogP contribution in [0.2, 0.25) is 0 Å². The second-order valence-electron chi connectivity index (χ2n) is 4.42. The Morgan fingerprint density at radius 3 is 2.72 bits per heavy atom. The molecule has 6 heteroatoms. The van der Waals surface area contributed by atoms with E-state index in [0.29, 0.717) is 18.3 Å². The number of halogens is 1. The molecule has 0 saturated carbocycles. The molecule has 1 fully saturated rings. The minimum Gasteiger partial charge on any atom is -0.494 e. The normalized spacial score (nSPS) is 16.6. The summed E-state index contributed by atoms with van der Waals surface area (Å²) in [6, 6.07) is 3.73. The lowest BCUT2D eigenvalue weighted by Crippen LogP contribution is -2.32. The van der Waals surface area contributed by atoms with Gasteiger partial charge in [0.15, 0.2) is 0 Å². The lowest BCUT2D eigenvalue weighted by molar-refractivity contribution is 0.0498. The van der Waals surface area contributed by atoms with Crippen LogP contribution in [0, 0.1) is 11.7 Å². The van der Waals surface area contributed by atoms with Crippen molar-refractivity contribution in [2.45, 2.75) is 12.8 Å². The highest BCUT2D eigenvalue weighted by atomic mass is 19.1. The molecule has 0 bridgehead atoms. The summed E-state index contributed by atoms with van der Waals surface area (Å²) in [6.07, 6.45) is 1.86. The van der Waals surface area contributed by atoms with Gasteiger partial charge in [0.05, 0.1) is 6.61 Å². The Morgan fingerprint density at radius 1 is 1.33 bits per heavy atom. The lowest BCUT2D eigenvalue weighted by Gasteiger charge is -2.22. The zero-order chi connectivity index (χ0) is 13.0. The maximum Gasteiger partial charge on any atom is 0.492 e. The van der Waals surface area contributed by atoms with Crippen LogP contribution in [0.25, 0.3) is 0 Å². The first kappa shape index (κ1) is 13.3. The second-order valence-corrected chi connectivity index (χ2v) is 4.42. The zero-order valence-corrected chi connectivity index (χ0v) is 10.0. The Bertz CT molecular complexity index is 394. The van der Waals surface area contributed by atoms with Crippen LogP contribution >= 0.6 is 0 Å². The highest BCUT2D eigenvalue weighted by Gasteiger charge is 2.20. The predicted octanol–water partition coefficient (Wildman–Crippen LogP) is 0.311. The summed E-state index contributed by atoms with van der Waals surface area (Å²) in [5.41, 5.74) is 0.0575. The van der Waals surface area contributed by atoms with Crippen LogP contribution < -0.4 is 10.2 Å². The van der Waals surface area contributed by atoms with E-state index in [0.717, 1.165) is 32.1 Å². The highest BCUT2D eigenvalue weighted by molar-refractivity contribution is 6.59. The third kappa shape index (κ3) is 3.44. The van der Waals surface area contributed by atoms with Gasteiger partial charge in [-0.05, 0) is 37.0 Å². The monoisotopic (exact) mass is 254 g/mol. The first-order chi connectivity index (χ1) is 8.66. The smallest absolute Gasteiger partial charge is 0.492 e. The van der Waals surface area contributed by atoms with Crippen molar-refractivity contribution in [3.05, 3.63) is 24.0 Å². The number of hydrogen-bond donors (Lipinski definition) is 2. The van der Waals surface area contributed by atoms with Gasteiger partial charge in [-0.25, -0.2) is 4.39 Å². The zero-order valence-electron chi connectivity index (χ0n) is 10.0. The average Bonchev–Trinajstić information content (AvgIpc) is 2.38. The molecular formula is C12H16BFO4. The molecule has 4 nitrogen and oxygen atoms in total. The van der Waals surface area contributed by atoms with E-state index in [1.807, 2.05) is 0 Å². The van der Waals surface area contributed by atoms with Crippen molar-refractivity contribution in [1.82, 2.24) is 0 Å². The minimum atomic E-state index is -1.73. The molecular weight excluding hydrogens is 238 g/mol. The average molecular weight is 254 g/mol. The SMILES string of the molecule is OB(O)c1cc(F)ccc1OCC1CCOCC1. The molecule has 18 heavy (non-hydrogen) atoms. The molecule has 0 spiro atoms. The van der Waals surface area contributed by atoms with Crippen molar-refractivity contribution in [1.29, 1.82) is 0 Å². The maximum absolute atomic E-state index is 13.0. The van der Waals surface area contributed by atoms with Crippen molar-refractivity contribution in [2.75, 3.05) is 19.8 Å². The summed E-state index contributed by atoms with van der Waals surface area (Å²) in [4.78, 5) is 0. The van der Waals surface area contributed by atoms with E-state index in [4.69, 9.17) is 19.5 Å². The van der Waals surface area contributed by atoms with Gasteiger partial charge >= 0.3 is 7.12 Å². The summed E-state index contributed by atoms with van der Waals surface area (Å²) in [5.74, 6) is 0.196. The topological polar surface area (TPSA) is 58.9 Å². The molecule has 1 aromatic rings. The second kappa shape index (κ2) is 6.18.